The highest BCUT2D eigenvalue weighted by Crippen LogP contribution is 2.27. The number of halogens is 1. The molecule has 0 aliphatic carbocycles. The van der Waals surface area contributed by atoms with Crippen molar-refractivity contribution in [3.8, 4) is 22.4 Å². The van der Waals surface area contributed by atoms with Gasteiger partial charge in [0.2, 0.25) is 0 Å². The van der Waals surface area contributed by atoms with Crippen LogP contribution in [0, 0.1) is 5.82 Å². The monoisotopic (exact) mass is 356 g/mol. The molecule has 2 nitrogen and oxygen atoms in total. The van der Waals surface area contributed by atoms with Gasteiger partial charge in [-0.05, 0) is 55.3 Å². The lowest BCUT2D eigenvalue weighted by atomic mass is 10.0. The Kier molecular flexibility index (Phi) is 5.72. The Morgan fingerprint density at radius 3 is 2.59 bits per heavy atom. The molecule has 0 spiro atoms. The van der Waals surface area contributed by atoms with Crippen LogP contribution < -0.4 is 0 Å². The highest BCUT2D eigenvalue weighted by Gasteiger charge is 2.08. The van der Waals surface area contributed by atoms with Crippen LogP contribution in [0.3, 0.4) is 0 Å². The van der Waals surface area contributed by atoms with Crippen molar-refractivity contribution in [1.82, 2.24) is 9.97 Å². The maximum atomic E-state index is 14.1. The molecular formula is C24H21FN2. The van der Waals surface area contributed by atoms with Crippen LogP contribution in [0.4, 0.5) is 4.39 Å². The lowest BCUT2D eigenvalue weighted by Crippen LogP contribution is -1.90. The normalized spacial score (nSPS) is 11.7. The predicted molar refractivity (Wildman–Crippen MR) is 110 cm³/mol. The Bertz CT molecular complexity index is 1030. The predicted octanol–water partition coefficient (Wildman–Crippen LogP) is 6.49. The molecule has 0 unspecified atom stereocenters. The summed E-state index contributed by atoms with van der Waals surface area (Å²) in [6.45, 7) is 7.85. The fourth-order valence-corrected chi connectivity index (χ4v) is 2.77. The molecule has 0 aliphatic heterocycles. The molecule has 2 heterocycles. The number of hydrogen-bond donors (Lipinski definition) is 0. The molecule has 0 amide bonds. The van der Waals surface area contributed by atoms with E-state index in [9.17, 15) is 4.39 Å². The van der Waals surface area contributed by atoms with E-state index >= 15 is 0 Å². The first-order chi connectivity index (χ1) is 13.1. The van der Waals surface area contributed by atoms with Crippen molar-refractivity contribution < 1.29 is 4.39 Å². The number of pyridine rings is 2. The van der Waals surface area contributed by atoms with Crippen LogP contribution in [0.25, 0.3) is 28.0 Å². The molecule has 0 saturated carbocycles. The van der Waals surface area contributed by atoms with Gasteiger partial charge in [-0.1, -0.05) is 42.5 Å². The van der Waals surface area contributed by atoms with E-state index in [-0.39, 0.29) is 5.82 Å². The van der Waals surface area contributed by atoms with Crippen molar-refractivity contribution >= 4 is 5.57 Å². The molecule has 0 atom stereocenters. The van der Waals surface area contributed by atoms with Crippen LogP contribution in [-0.2, 0) is 0 Å². The average molecular weight is 356 g/mol. The first kappa shape index (κ1) is 18.5. The second-order valence-electron chi connectivity index (χ2n) is 6.30. The summed E-state index contributed by atoms with van der Waals surface area (Å²) in [5.74, 6) is -0.282. The largest absolute Gasteiger partial charge is 0.263 e. The van der Waals surface area contributed by atoms with E-state index in [0.717, 1.165) is 27.8 Å². The van der Waals surface area contributed by atoms with Crippen molar-refractivity contribution in [2.75, 3.05) is 0 Å². The zero-order valence-electron chi connectivity index (χ0n) is 15.5. The van der Waals surface area contributed by atoms with Crippen LogP contribution in [-0.4, -0.2) is 9.97 Å². The summed E-state index contributed by atoms with van der Waals surface area (Å²) in [4.78, 5) is 8.71. The number of hydrogen-bond acceptors (Lipinski definition) is 2. The highest BCUT2D eigenvalue weighted by molar-refractivity contribution is 5.78. The third kappa shape index (κ3) is 4.45. The van der Waals surface area contributed by atoms with E-state index in [1.54, 1.807) is 30.6 Å². The van der Waals surface area contributed by atoms with Crippen LogP contribution >= 0.6 is 0 Å². The molecule has 0 bridgehead atoms. The molecular weight excluding hydrogens is 335 g/mol. The zero-order chi connectivity index (χ0) is 19.2. The van der Waals surface area contributed by atoms with Crippen molar-refractivity contribution in [3.05, 3.63) is 103 Å². The second kappa shape index (κ2) is 8.37. The Hall–Kier alpha value is -3.33. The molecule has 3 rings (SSSR count). The summed E-state index contributed by atoms with van der Waals surface area (Å²) in [6, 6.07) is 12.5. The summed E-state index contributed by atoms with van der Waals surface area (Å²) < 4.78 is 14.1. The van der Waals surface area contributed by atoms with Gasteiger partial charge in [0.05, 0.1) is 5.69 Å². The molecule has 0 saturated heterocycles. The summed E-state index contributed by atoms with van der Waals surface area (Å²) in [7, 11) is 0. The van der Waals surface area contributed by atoms with Crippen LogP contribution in [0.2, 0.25) is 0 Å². The van der Waals surface area contributed by atoms with Gasteiger partial charge in [-0.3, -0.25) is 9.97 Å². The van der Waals surface area contributed by atoms with Gasteiger partial charge in [0, 0.05) is 35.3 Å². The van der Waals surface area contributed by atoms with Crippen LogP contribution in [0.15, 0.2) is 91.4 Å². The molecule has 0 fully saturated rings. The lowest BCUT2D eigenvalue weighted by molar-refractivity contribution is 0.631. The van der Waals surface area contributed by atoms with E-state index in [4.69, 9.17) is 0 Å². The number of aromatic nitrogens is 2. The Morgan fingerprint density at radius 1 is 1.04 bits per heavy atom. The molecule has 134 valence electrons. The average Bonchev–Trinajstić information content (AvgIpc) is 2.69. The van der Waals surface area contributed by atoms with Gasteiger partial charge in [-0.2, -0.15) is 0 Å². The quantitative estimate of drug-likeness (QED) is 0.489. The number of allylic oxidation sites excluding steroid dienone is 5. The summed E-state index contributed by atoms with van der Waals surface area (Å²) >= 11 is 0. The summed E-state index contributed by atoms with van der Waals surface area (Å²) in [5.41, 5.74) is 6.05. The number of benzene rings is 1. The standard InChI is InChI=1S/C24H21FN2/c1-4-18(10-9-17(2)3)20-13-21(16-26-15-20)19-11-12-27-24(14-19)22-7-5-6-8-23(22)25/h4-16H,2H2,1,3H3/b10-9-,18-4+. The van der Waals surface area contributed by atoms with Gasteiger partial charge >= 0.3 is 0 Å². The molecule has 0 aliphatic rings. The third-order valence-corrected chi connectivity index (χ3v) is 4.17. The van der Waals surface area contributed by atoms with E-state index in [0.29, 0.717) is 11.3 Å². The Balaban J connectivity index is 2.00. The van der Waals surface area contributed by atoms with Crippen LogP contribution in [0.5, 0.6) is 0 Å². The molecule has 3 aromatic rings. The van der Waals surface area contributed by atoms with Crippen LogP contribution in [0.1, 0.15) is 19.4 Å². The fraction of sp³-hybridized carbons (Fsp3) is 0.0833. The zero-order valence-corrected chi connectivity index (χ0v) is 15.5. The summed E-state index contributed by atoms with van der Waals surface area (Å²) in [5, 5.41) is 0. The van der Waals surface area contributed by atoms with E-state index in [1.807, 2.05) is 50.4 Å². The van der Waals surface area contributed by atoms with Gasteiger partial charge in [-0.25, -0.2) is 4.39 Å². The van der Waals surface area contributed by atoms with Crippen molar-refractivity contribution in [2.24, 2.45) is 0 Å². The fourth-order valence-electron chi connectivity index (χ4n) is 2.77. The third-order valence-electron chi connectivity index (χ3n) is 4.17. The van der Waals surface area contributed by atoms with Crippen molar-refractivity contribution in [3.63, 3.8) is 0 Å². The molecule has 0 radical (unpaired) electrons. The van der Waals surface area contributed by atoms with Crippen molar-refractivity contribution in [1.29, 1.82) is 0 Å². The van der Waals surface area contributed by atoms with Gasteiger partial charge < -0.3 is 0 Å². The van der Waals surface area contributed by atoms with Gasteiger partial charge in [0.15, 0.2) is 0 Å². The first-order valence-corrected chi connectivity index (χ1v) is 8.75. The van der Waals surface area contributed by atoms with E-state index < -0.39 is 0 Å². The first-order valence-electron chi connectivity index (χ1n) is 8.75. The molecule has 1 aromatic carbocycles. The van der Waals surface area contributed by atoms with Gasteiger partial charge in [-0.15, -0.1) is 0 Å². The number of rotatable bonds is 5. The minimum Gasteiger partial charge on any atom is -0.263 e. The Morgan fingerprint density at radius 2 is 1.85 bits per heavy atom. The molecule has 27 heavy (non-hydrogen) atoms. The molecule has 2 aromatic heterocycles. The minimum atomic E-state index is -0.282. The van der Waals surface area contributed by atoms with Gasteiger partial charge in [0.25, 0.3) is 0 Å². The Labute approximate surface area is 159 Å². The lowest BCUT2D eigenvalue weighted by Gasteiger charge is -2.08. The highest BCUT2D eigenvalue weighted by atomic mass is 19.1. The minimum absolute atomic E-state index is 0.282. The number of nitrogens with zero attached hydrogens (tertiary/aromatic N) is 2. The SMILES string of the molecule is C=C(C)/C=C\C(=C/C)c1cncc(-c2ccnc(-c3ccccc3F)c2)c1. The maximum Gasteiger partial charge on any atom is 0.132 e. The smallest absolute Gasteiger partial charge is 0.132 e. The van der Waals surface area contributed by atoms with E-state index in [2.05, 4.69) is 22.6 Å². The maximum absolute atomic E-state index is 14.1. The molecule has 3 heteroatoms. The topological polar surface area (TPSA) is 25.8 Å². The second-order valence-corrected chi connectivity index (χ2v) is 6.30. The van der Waals surface area contributed by atoms with Gasteiger partial charge in [0.1, 0.15) is 5.82 Å². The molecule has 0 N–H and O–H groups in total. The summed E-state index contributed by atoms with van der Waals surface area (Å²) in [6.07, 6.45) is 11.4. The van der Waals surface area contributed by atoms with Crippen molar-refractivity contribution in [2.45, 2.75) is 13.8 Å². The van der Waals surface area contributed by atoms with E-state index in [1.165, 1.54) is 6.07 Å².